The van der Waals surface area contributed by atoms with Gasteiger partial charge in [-0.2, -0.15) is 0 Å². The summed E-state index contributed by atoms with van der Waals surface area (Å²) in [7, 11) is 0. The number of halogens is 1. The molecule has 256 valence electrons. The van der Waals surface area contributed by atoms with E-state index in [4.69, 9.17) is 9.47 Å². The third kappa shape index (κ3) is 10.8. The molecular formula is C38H53IN2O5Sn. The van der Waals surface area contributed by atoms with Gasteiger partial charge in [-0.15, -0.1) is 0 Å². The van der Waals surface area contributed by atoms with E-state index < -0.39 is 41.9 Å². The van der Waals surface area contributed by atoms with Gasteiger partial charge in [0.1, 0.15) is 0 Å². The predicted octanol–water partition coefficient (Wildman–Crippen LogP) is 10.8. The molecule has 0 fully saturated rings. The van der Waals surface area contributed by atoms with Gasteiger partial charge in [0.05, 0.1) is 6.61 Å². The Morgan fingerprint density at radius 1 is 0.894 bits per heavy atom. The van der Waals surface area contributed by atoms with Crippen LogP contribution in [0.25, 0.3) is 10.9 Å². The molecule has 0 bridgehead atoms. The van der Waals surface area contributed by atoms with Gasteiger partial charge in [0.25, 0.3) is 0 Å². The van der Waals surface area contributed by atoms with Crippen molar-refractivity contribution in [2.75, 3.05) is 11.6 Å². The predicted molar refractivity (Wildman–Crippen MR) is 203 cm³/mol. The molecule has 0 radical (unpaired) electrons. The van der Waals surface area contributed by atoms with Crippen molar-refractivity contribution in [3.8, 4) is 0 Å². The Bertz CT molecular complexity index is 1480. The first-order chi connectivity index (χ1) is 22.5. The summed E-state index contributed by atoms with van der Waals surface area (Å²) >= 11 is -0.237. The summed E-state index contributed by atoms with van der Waals surface area (Å²) in [6.07, 6.45) is 12.3. The summed E-state index contributed by atoms with van der Waals surface area (Å²) in [6, 6.07) is 13.9. The molecule has 0 N–H and O–H groups in total. The fourth-order valence-corrected chi connectivity index (χ4v) is 21.2. The molecule has 7 nitrogen and oxygen atoms in total. The molecule has 0 aliphatic carbocycles. The van der Waals surface area contributed by atoms with Gasteiger partial charge >= 0.3 is 244 Å². The topological polar surface area (TPSA) is 77.8 Å². The number of hydrogen-bond acceptors (Lipinski definition) is 5. The Hall–Kier alpha value is -2.34. The molecule has 47 heavy (non-hydrogen) atoms. The van der Waals surface area contributed by atoms with Crippen molar-refractivity contribution in [3.63, 3.8) is 0 Å². The van der Waals surface area contributed by atoms with E-state index in [-0.39, 0.29) is 12.2 Å². The molecular weight excluding hydrogens is 810 g/mol. The standard InChI is InChI=1S/C26H26IN2O5.3C4H9.Sn/c1-5-7-16-26(3,4)34-25(32)29(23(30)18-11-9-8-10-12-18)28-17-15-19-21(27)14-13-20(22(19)28)24(31)33-6-2;3*1-3-4-2;/h1,5,8-15,17H,6-7,16H2,2-4H3;3*1,3-4H2,2H3;. The van der Waals surface area contributed by atoms with E-state index in [0.29, 0.717) is 17.5 Å². The van der Waals surface area contributed by atoms with Gasteiger partial charge in [0, 0.05) is 0 Å². The molecule has 2 aromatic carbocycles. The number of allylic oxidation sites excluding steroid dienone is 1. The molecule has 0 unspecified atom stereocenters. The number of esters is 1. The number of amides is 2. The monoisotopic (exact) mass is 864 g/mol. The van der Waals surface area contributed by atoms with Crippen LogP contribution in [0.3, 0.4) is 0 Å². The van der Waals surface area contributed by atoms with Crippen LogP contribution in [-0.2, 0) is 9.47 Å². The van der Waals surface area contributed by atoms with Gasteiger partial charge < -0.3 is 4.74 Å². The first-order valence-electron chi connectivity index (χ1n) is 17.3. The normalized spacial score (nSPS) is 12.1. The molecule has 1 heterocycles. The van der Waals surface area contributed by atoms with E-state index in [1.807, 2.05) is 26.0 Å². The van der Waals surface area contributed by atoms with Crippen molar-refractivity contribution in [3.05, 3.63) is 79.6 Å². The molecule has 0 atom stereocenters. The molecule has 0 aliphatic rings. The molecule has 3 aromatic rings. The average molecular weight is 863 g/mol. The van der Waals surface area contributed by atoms with Crippen LogP contribution in [0.5, 0.6) is 0 Å². The fraction of sp³-hybridized carbons (Fsp3) is 0.500. The van der Waals surface area contributed by atoms with Crippen molar-refractivity contribution in [2.45, 2.75) is 112 Å². The number of fused-ring (bicyclic) bond motifs is 1. The second-order valence-electron chi connectivity index (χ2n) is 13.0. The number of carbonyl (C=O) groups excluding carboxylic acids is 3. The Kier molecular flexibility index (Phi) is 15.8. The van der Waals surface area contributed by atoms with Gasteiger partial charge in [-0.25, -0.2) is 4.79 Å². The second-order valence-corrected chi connectivity index (χ2v) is 27.1. The number of ether oxygens (including phenoxy) is 2. The third-order valence-corrected chi connectivity index (χ3v) is 23.9. The summed E-state index contributed by atoms with van der Waals surface area (Å²) in [5.74, 6) is -1.08. The van der Waals surface area contributed by atoms with Crippen molar-refractivity contribution < 1.29 is 23.9 Å². The number of carbonyl (C=O) groups is 3. The van der Waals surface area contributed by atoms with E-state index in [1.165, 1.54) is 56.5 Å². The van der Waals surface area contributed by atoms with Crippen LogP contribution in [0, 0.1) is 3.57 Å². The van der Waals surface area contributed by atoms with E-state index >= 15 is 0 Å². The zero-order valence-electron chi connectivity index (χ0n) is 29.1. The van der Waals surface area contributed by atoms with Crippen molar-refractivity contribution >= 4 is 69.8 Å². The molecule has 0 aliphatic heterocycles. The maximum absolute atomic E-state index is 14.1. The number of aromatic nitrogens is 1. The molecule has 0 saturated carbocycles. The molecule has 2 amide bonds. The van der Waals surface area contributed by atoms with E-state index in [1.54, 1.807) is 49.5 Å². The quantitative estimate of drug-likeness (QED) is 0.0723. The molecule has 0 saturated heterocycles. The summed E-state index contributed by atoms with van der Waals surface area (Å²) in [6.45, 7) is 12.6. The van der Waals surface area contributed by atoms with Crippen LogP contribution in [0.4, 0.5) is 4.79 Å². The first kappa shape index (κ1) is 39.1. The maximum atomic E-state index is 14.1. The van der Waals surface area contributed by atoms with E-state index in [0.717, 1.165) is 20.4 Å². The average Bonchev–Trinajstić information content (AvgIpc) is 3.49. The second kappa shape index (κ2) is 19.0. The number of unbranched alkanes of at least 4 members (excludes halogenated alkanes) is 3. The van der Waals surface area contributed by atoms with Crippen molar-refractivity contribution in [1.29, 1.82) is 0 Å². The minimum atomic E-state index is -2.42. The molecule has 3 rings (SSSR count). The Morgan fingerprint density at radius 3 is 2.09 bits per heavy atom. The fourth-order valence-electron chi connectivity index (χ4n) is 6.03. The SMILES string of the molecule is CCC[CH2][Sn](/[CH]=C/CCC(C)(C)OC(=O)N(C(=O)c1ccccc1)n1ccc2c(I)ccc(C(=O)OCC)c21)([CH2]CCC)[CH2]CCC. The van der Waals surface area contributed by atoms with Crippen LogP contribution < -0.4 is 5.01 Å². The first-order valence-corrected chi connectivity index (χ1v) is 26.1. The van der Waals surface area contributed by atoms with Crippen LogP contribution in [-0.4, -0.2) is 53.2 Å². The summed E-state index contributed by atoms with van der Waals surface area (Å²) in [4.78, 5) is 41.1. The summed E-state index contributed by atoms with van der Waals surface area (Å²) < 4.78 is 20.6. The number of imide groups is 1. The van der Waals surface area contributed by atoms with Crippen molar-refractivity contribution in [2.24, 2.45) is 0 Å². The van der Waals surface area contributed by atoms with Gasteiger partial charge in [-0.05, 0) is 35.6 Å². The number of benzene rings is 2. The molecule has 0 spiro atoms. The summed E-state index contributed by atoms with van der Waals surface area (Å²) in [5, 5.41) is 1.72. The molecule has 9 heteroatoms. The van der Waals surface area contributed by atoms with Crippen LogP contribution in [0.2, 0.25) is 13.3 Å². The van der Waals surface area contributed by atoms with Gasteiger partial charge in [-0.1, -0.05) is 6.07 Å². The van der Waals surface area contributed by atoms with Crippen LogP contribution >= 0.6 is 22.6 Å². The van der Waals surface area contributed by atoms with E-state index in [2.05, 4.69) is 53.5 Å². The zero-order valence-corrected chi connectivity index (χ0v) is 34.2. The Labute approximate surface area is 299 Å². The minimum absolute atomic E-state index is 0.199. The van der Waals surface area contributed by atoms with Gasteiger partial charge in [-0.3, -0.25) is 0 Å². The van der Waals surface area contributed by atoms with Crippen LogP contribution in [0.1, 0.15) is 114 Å². The van der Waals surface area contributed by atoms with E-state index in [9.17, 15) is 14.4 Å². The van der Waals surface area contributed by atoms with Gasteiger partial charge in [0.2, 0.25) is 0 Å². The Morgan fingerprint density at radius 2 is 1.51 bits per heavy atom. The number of hydrogen-bond donors (Lipinski definition) is 0. The third-order valence-electron chi connectivity index (χ3n) is 8.70. The summed E-state index contributed by atoms with van der Waals surface area (Å²) in [5.41, 5.74) is 0.157. The van der Waals surface area contributed by atoms with Gasteiger partial charge in [0.15, 0.2) is 0 Å². The van der Waals surface area contributed by atoms with Crippen LogP contribution in [0.15, 0.2) is 64.9 Å². The van der Waals surface area contributed by atoms with Crippen molar-refractivity contribution in [1.82, 2.24) is 4.68 Å². The number of rotatable bonds is 18. The Balaban J connectivity index is 1.93. The number of nitrogens with zero attached hydrogens (tertiary/aromatic N) is 2. The molecule has 1 aromatic heterocycles. The zero-order chi connectivity index (χ0) is 34.5.